The van der Waals surface area contributed by atoms with Crippen molar-refractivity contribution in [2.75, 3.05) is 49.3 Å². The summed E-state index contributed by atoms with van der Waals surface area (Å²) < 4.78 is 46.6. The van der Waals surface area contributed by atoms with E-state index in [1.807, 2.05) is 0 Å². The molecule has 0 aliphatic heterocycles. The first kappa shape index (κ1) is 23.3. The Morgan fingerprint density at radius 3 is 1.48 bits per heavy atom. The molecule has 0 rings (SSSR count). The molecule has 2 unspecified atom stereocenters. The van der Waals surface area contributed by atoms with E-state index in [1.54, 1.807) is 42.7 Å². The number of hydrogen-bond acceptors (Lipinski definition) is 6. The van der Waals surface area contributed by atoms with E-state index in [-0.39, 0.29) is 11.8 Å². The summed E-state index contributed by atoms with van der Waals surface area (Å²) in [6.45, 7) is 3.85. The highest BCUT2D eigenvalue weighted by atomic mass is 28.4. The van der Waals surface area contributed by atoms with Crippen molar-refractivity contribution in [3.8, 4) is 0 Å². The van der Waals surface area contributed by atoms with Crippen molar-refractivity contribution in [3.05, 3.63) is 0 Å². The second-order valence-electron chi connectivity index (χ2n) is 5.83. The molecule has 0 saturated heterocycles. The topological polar surface area (TPSA) is 55.4 Å². The monoisotopic (exact) mass is 388 g/mol. The molecule has 0 heterocycles. The second kappa shape index (κ2) is 10.4. The van der Waals surface area contributed by atoms with Gasteiger partial charge in [0.15, 0.2) is 0 Å². The zero-order chi connectivity index (χ0) is 18.1. The quantitative estimate of drug-likeness (QED) is 0.452. The van der Waals surface area contributed by atoms with Crippen molar-refractivity contribution >= 4 is 25.7 Å². The molecule has 23 heavy (non-hydrogen) atoms. The molecule has 140 valence electrons. The van der Waals surface area contributed by atoms with Crippen LogP contribution in [0.5, 0.6) is 0 Å². The van der Waals surface area contributed by atoms with Crippen LogP contribution in [-0.2, 0) is 26.6 Å². The summed E-state index contributed by atoms with van der Waals surface area (Å²) in [5.74, 6) is 0. The molecule has 0 radical (unpaired) electrons. The Kier molecular flexibility index (Phi) is 10.5. The van der Waals surface area contributed by atoms with E-state index in [4.69, 9.17) is 26.6 Å². The molecule has 0 amide bonds. The molecule has 0 spiro atoms. The molecule has 10 heteroatoms. The molecular weight excluding hydrogens is 355 g/mol. The molecule has 0 aromatic rings. The van der Waals surface area contributed by atoms with Crippen molar-refractivity contribution < 1.29 is 30.9 Å². The highest BCUT2D eigenvalue weighted by molar-refractivity contribution is 6.92. The Labute approximate surface area is 143 Å². The van der Waals surface area contributed by atoms with Gasteiger partial charge < -0.3 is 26.6 Å². The van der Waals surface area contributed by atoms with Crippen LogP contribution in [0, 0.1) is 0 Å². The lowest BCUT2D eigenvalue weighted by Gasteiger charge is -2.41. The van der Waals surface area contributed by atoms with Crippen molar-refractivity contribution in [2.45, 2.75) is 36.8 Å². The van der Waals surface area contributed by atoms with Crippen LogP contribution in [0.1, 0.15) is 6.92 Å². The minimum atomic E-state index is -2.83. The van der Waals surface area contributed by atoms with Crippen LogP contribution in [0.3, 0.4) is 0 Å². The van der Waals surface area contributed by atoms with Crippen LogP contribution < -0.4 is 0 Å². The molecule has 0 bridgehead atoms. The normalized spacial score (nSPS) is 17.1. The van der Waals surface area contributed by atoms with Gasteiger partial charge in [0.05, 0.1) is 14.7 Å². The lowest BCUT2D eigenvalue weighted by Crippen LogP contribution is -2.57. The van der Waals surface area contributed by atoms with Crippen molar-refractivity contribution in [1.82, 2.24) is 0 Å². The SMILES string of the molecule is CO[Si](CC[Si](C)(CCF)C(C)[Si](OC)(OC)OC)(OC)OC. The second-order valence-corrected chi connectivity index (χ2v) is 18.0. The summed E-state index contributed by atoms with van der Waals surface area (Å²) >= 11 is 0. The zero-order valence-corrected chi connectivity index (χ0v) is 18.7. The third-order valence-corrected chi connectivity index (χ3v) is 19.0. The molecule has 0 aliphatic carbocycles. The lowest BCUT2D eigenvalue weighted by molar-refractivity contribution is 0.119. The Morgan fingerprint density at radius 2 is 1.17 bits per heavy atom. The molecule has 0 fully saturated rings. The number of halogens is 1. The smallest absolute Gasteiger partial charge is 0.377 e. The molecule has 0 N–H and O–H groups in total. The van der Waals surface area contributed by atoms with Crippen LogP contribution in [-0.4, -0.2) is 75.0 Å². The van der Waals surface area contributed by atoms with Gasteiger partial charge in [0, 0.05) is 53.9 Å². The van der Waals surface area contributed by atoms with Crippen molar-refractivity contribution in [2.24, 2.45) is 0 Å². The first-order valence-corrected chi connectivity index (χ1v) is 14.4. The van der Waals surface area contributed by atoms with Crippen molar-refractivity contribution in [3.63, 3.8) is 0 Å². The molecule has 0 aromatic heterocycles. The number of rotatable bonds is 13. The van der Waals surface area contributed by atoms with Crippen LogP contribution >= 0.6 is 0 Å². The fourth-order valence-corrected chi connectivity index (χ4v) is 16.0. The van der Waals surface area contributed by atoms with Gasteiger partial charge in [0.2, 0.25) is 0 Å². The Hall–Kier alpha value is 0.341. The third-order valence-electron chi connectivity index (χ3n) is 5.03. The van der Waals surface area contributed by atoms with Gasteiger partial charge in [0.1, 0.15) is 0 Å². The summed E-state index contributed by atoms with van der Waals surface area (Å²) in [5, 5.41) is 0.0445. The van der Waals surface area contributed by atoms with Crippen LogP contribution in [0.15, 0.2) is 0 Å². The maximum Gasteiger partial charge on any atom is 0.500 e. The summed E-state index contributed by atoms with van der Waals surface area (Å²) in [4.78, 5) is 0. The highest BCUT2D eigenvalue weighted by Gasteiger charge is 2.55. The van der Waals surface area contributed by atoms with Gasteiger partial charge in [-0.2, -0.15) is 0 Å². The molecule has 6 nitrogen and oxygen atoms in total. The summed E-state index contributed by atoms with van der Waals surface area (Å²) in [7, 11) is 1.94. The molecule has 2 atom stereocenters. The average molecular weight is 389 g/mol. The third kappa shape index (κ3) is 5.41. The van der Waals surface area contributed by atoms with Crippen LogP contribution in [0.2, 0.25) is 29.8 Å². The predicted octanol–water partition coefficient (Wildman–Crippen LogP) is 2.72. The molecule has 0 saturated carbocycles. The van der Waals surface area contributed by atoms with E-state index in [9.17, 15) is 4.39 Å². The number of hydrogen-bond donors (Lipinski definition) is 0. The highest BCUT2D eigenvalue weighted by Crippen LogP contribution is 2.40. The van der Waals surface area contributed by atoms with Crippen LogP contribution in [0.4, 0.5) is 4.39 Å². The maximum atomic E-state index is 13.3. The Bertz CT molecular complexity index is 314. The first-order chi connectivity index (χ1) is 10.8. The fraction of sp³-hybridized carbons (Fsp3) is 1.00. The zero-order valence-electron chi connectivity index (χ0n) is 15.7. The lowest BCUT2D eigenvalue weighted by atomic mass is 10.9. The fourth-order valence-electron chi connectivity index (χ4n) is 2.98. The average Bonchev–Trinajstić information content (AvgIpc) is 2.59. The Morgan fingerprint density at radius 1 is 0.739 bits per heavy atom. The minimum Gasteiger partial charge on any atom is -0.377 e. The van der Waals surface area contributed by atoms with E-state index < -0.39 is 25.7 Å². The van der Waals surface area contributed by atoms with Gasteiger partial charge in [-0.25, -0.2) is 0 Å². The van der Waals surface area contributed by atoms with E-state index in [0.29, 0.717) is 12.1 Å². The van der Waals surface area contributed by atoms with Gasteiger partial charge in [-0.05, 0) is 6.04 Å². The van der Waals surface area contributed by atoms with Gasteiger partial charge in [0.25, 0.3) is 0 Å². The Balaban J connectivity index is 5.40. The maximum absolute atomic E-state index is 13.3. The molecule has 0 aliphatic rings. The molecule has 0 aromatic carbocycles. The largest absolute Gasteiger partial charge is 0.500 e. The van der Waals surface area contributed by atoms with Crippen LogP contribution in [0.25, 0.3) is 0 Å². The summed E-state index contributed by atoms with van der Waals surface area (Å²) in [6.07, 6.45) is 0. The standard InChI is InChI=1S/C13H33FO6Si3/c1-13(23(18-5,19-6)20-7)21(8,10-9-14)11-12-22(15-2,16-3)17-4/h13H,9-12H2,1-8H3. The summed E-state index contributed by atoms with van der Waals surface area (Å²) in [5.41, 5.74) is 0. The summed E-state index contributed by atoms with van der Waals surface area (Å²) in [6, 6.07) is 1.95. The van der Waals surface area contributed by atoms with E-state index in [1.165, 1.54) is 0 Å². The van der Waals surface area contributed by atoms with Gasteiger partial charge in [-0.3, -0.25) is 4.39 Å². The van der Waals surface area contributed by atoms with Gasteiger partial charge in [-0.15, -0.1) is 0 Å². The van der Waals surface area contributed by atoms with Gasteiger partial charge >= 0.3 is 17.6 Å². The van der Waals surface area contributed by atoms with E-state index in [2.05, 4.69) is 13.5 Å². The van der Waals surface area contributed by atoms with Gasteiger partial charge in [-0.1, -0.05) is 19.5 Å². The molecular formula is C13H33FO6Si3. The van der Waals surface area contributed by atoms with E-state index >= 15 is 0 Å². The van der Waals surface area contributed by atoms with Crippen molar-refractivity contribution in [1.29, 1.82) is 0 Å². The van der Waals surface area contributed by atoms with E-state index in [0.717, 1.165) is 6.04 Å². The number of alkyl halides is 1. The minimum absolute atomic E-state index is 0.0445. The predicted molar refractivity (Wildman–Crippen MR) is 95.0 cm³/mol. The first-order valence-electron chi connectivity index (χ1n) is 7.66.